The molecule has 0 saturated carbocycles. The molecule has 0 bridgehead atoms. The van der Waals surface area contributed by atoms with E-state index in [2.05, 4.69) is 31.1 Å². The van der Waals surface area contributed by atoms with Gasteiger partial charge in [-0.15, -0.1) is 0 Å². The van der Waals surface area contributed by atoms with E-state index in [9.17, 15) is 0 Å². The van der Waals surface area contributed by atoms with E-state index < -0.39 is 0 Å². The molecule has 2 atom stereocenters. The molecule has 1 aliphatic rings. The second kappa shape index (κ2) is 8.46. The fourth-order valence-electron chi connectivity index (χ4n) is 2.45. The quantitative estimate of drug-likeness (QED) is 0.637. The summed E-state index contributed by atoms with van der Waals surface area (Å²) >= 11 is 2.13. The second-order valence-electron chi connectivity index (χ2n) is 4.72. The van der Waals surface area contributed by atoms with Gasteiger partial charge in [0, 0.05) is 6.04 Å². The Morgan fingerprint density at radius 1 is 1.27 bits per heavy atom. The minimum absolute atomic E-state index is 0.793. The van der Waals surface area contributed by atoms with Crippen molar-refractivity contribution in [3.8, 4) is 0 Å². The van der Waals surface area contributed by atoms with Crippen LogP contribution in [0.5, 0.6) is 0 Å². The Morgan fingerprint density at radius 2 is 2.07 bits per heavy atom. The van der Waals surface area contributed by atoms with Gasteiger partial charge in [0.15, 0.2) is 0 Å². The summed E-state index contributed by atoms with van der Waals surface area (Å²) in [7, 11) is 2.14. The monoisotopic (exact) mass is 229 g/mol. The van der Waals surface area contributed by atoms with Crippen LogP contribution in [0.4, 0.5) is 0 Å². The van der Waals surface area contributed by atoms with Gasteiger partial charge < -0.3 is 5.32 Å². The summed E-state index contributed by atoms with van der Waals surface area (Å²) in [5.41, 5.74) is 0. The lowest BCUT2D eigenvalue weighted by Crippen LogP contribution is -2.33. The Labute approximate surface area is 99.8 Å². The van der Waals surface area contributed by atoms with Gasteiger partial charge in [-0.05, 0) is 37.3 Å². The minimum Gasteiger partial charge on any atom is -0.317 e. The van der Waals surface area contributed by atoms with E-state index in [0.29, 0.717) is 0 Å². The van der Waals surface area contributed by atoms with Crippen molar-refractivity contribution >= 4 is 11.8 Å². The first-order chi connectivity index (χ1) is 7.38. The Bertz CT molecular complexity index is 143. The molecule has 0 aromatic carbocycles. The van der Waals surface area contributed by atoms with E-state index in [1.165, 1.54) is 56.5 Å². The van der Waals surface area contributed by atoms with Gasteiger partial charge in [0.25, 0.3) is 0 Å². The predicted molar refractivity (Wildman–Crippen MR) is 71.7 cm³/mol. The third-order valence-electron chi connectivity index (χ3n) is 3.52. The standard InChI is InChI=1S/C13H27NS/c1-3-4-5-6-7-8-13(14-2)12-9-10-15-11-12/h12-14H,3-11H2,1-2H3. The molecule has 1 heterocycles. The number of thioether (sulfide) groups is 1. The Morgan fingerprint density at radius 3 is 2.67 bits per heavy atom. The smallest absolute Gasteiger partial charge is 0.0100 e. The van der Waals surface area contributed by atoms with E-state index in [1.807, 2.05) is 0 Å². The lowest BCUT2D eigenvalue weighted by molar-refractivity contribution is 0.370. The van der Waals surface area contributed by atoms with Crippen LogP contribution in [0.2, 0.25) is 0 Å². The highest BCUT2D eigenvalue weighted by Crippen LogP contribution is 2.28. The van der Waals surface area contributed by atoms with Crippen LogP contribution in [0.3, 0.4) is 0 Å². The van der Waals surface area contributed by atoms with Crippen LogP contribution in [-0.2, 0) is 0 Å². The Kier molecular flexibility index (Phi) is 7.54. The van der Waals surface area contributed by atoms with E-state index in [1.54, 1.807) is 0 Å². The molecule has 1 aliphatic heterocycles. The maximum absolute atomic E-state index is 3.52. The van der Waals surface area contributed by atoms with Crippen molar-refractivity contribution in [2.75, 3.05) is 18.6 Å². The van der Waals surface area contributed by atoms with Gasteiger partial charge >= 0.3 is 0 Å². The highest BCUT2D eigenvalue weighted by Gasteiger charge is 2.23. The van der Waals surface area contributed by atoms with Gasteiger partial charge in [-0.3, -0.25) is 0 Å². The molecule has 0 radical (unpaired) electrons. The van der Waals surface area contributed by atoms with E-state index >= 15 is 0 Å². The van der Waals surface area contributed by atoms with E-state index in [0.717, 1.165) is 12.0 Å². The zero-order valence-electron chi connectivity index (χ0n) is 10.4. The molecule has 1 nitrogen and oxygen atoms in total. The van der Waals surface area contributed by atoms with E-state index in [-0.39, 0.29) is 0 Å². The van der Waals surface area contributed by atoms with Gasteiger partial charge in [0.2, 0.25) is 0 Å². The molecule has 0 aromatic heterocycles. The number of hydrogen-bond acceptors (Lipinski definition) is 2. The molecule has 1 N–H and O–H groups in total. The summed E-state index contributed by atoms with van der Waals surface area (Å²) in [6, 6.07) is 0.793. The molecule has 0 spiro atoms. The lowest BCUT2D eigenvalue weighted by atomic mass is 9.94. The van der Waals surface area contributed by atoms with Crippen LogP contribution in [-0.4, -0.2) is 24.6 Å². The predicted octanol–water partition coefficient (Wildman–Crippen LogP) is 3.69. The summed E-state index contributed by atoms with van der Waals surface area (Å²) in [5.74, 6) is 3.73. The minimum atomic E-state index is 0.793. The molecule has 90 valence electrons. The maximum atomic E-state index is 3.52. The summed E-state index contributed by atoms with van der Waals surface area (Å²) in [6.45, 7) is 2.28. The second-order valence-corrected chi connectivity index (χ2v) is 5.87. The van der Waals surface area contributed by atoms with Gasteiger partial charge in [-0.1, -0.05) is 39.0 Å². The maximum Gasteiger partial charge on any atom is 0.0100 e. The number of nitrogens with one attached hydrogen (secondary N) is 1. The average Bonchev–Trinajstić information content (AvgIpc) is 2.77. The van der Waals surface area contributed by atoms with Crippen LogP contribution in [0.1, 0.15) is 51.9 Å². The highest BCUT2D eigenvalue weighted by atomic mass is 32.2. The number of unbranched alkanes of at least 4 members (excludes halogenated alkanes) is 4. The fourth-order valence-corrected chi connectivity index (χ4v) is 3.79. The van der Waals surface area contributed by atoms with Crippen LogP contribution in [0.25, 0.3) is 0 Å². The largest absolute Gasteiger partial charge is 0.317 e. The third-order valence-corrected chi connectivity index (χ3v) is 4.71. The topological polar surface area (TPSA) is 12.0 Å². The number of hydrogen-bond donors (Lipinski definition) is 1. The molecule has 15 heavy (non-hydrogen) atoms. The molecule has 1 saturated heterocycles. The van der Waals surface area contributed by atoms with Crippen LogP contribution in [0, 0.1) is 5.92 Å². The first kappa shape index (κ1) is 13.4. The molecule has 2 unspecified atom stereocenters. The molecular weight excluding hydrogens is 202 g/mol. The summed E-state index contributed by atoms with van der Waals surface area (Å²) in [4.78, 5) is 0. The van der Waals surface area contributed by atoms with Gasteiger partial charge in [0.05, 0.1) is 0 Å². The summed E-state index contributed by atoms with van der Waals surface area (Å²) in [6.07, 6.45) is 9.90. The van der Waals surface area contributed by atoms with Gasteiger partial charge in [-0.25, -0.2) is 0 Å². The van der Waals surface area contributed by atoms with Gasteiger partial charge in [0.1, 0.15) is 0 Å². The first-order valence-electron chi connectivity index (χ1n) is 6.63. The molecule has 0 aromatic rings. The molecule has 0 aliphatic carbocycles. The van der Waals surface area contributed by atoms with Crippen molar-refractivity contribution in [2.45, 2.75) is 57.9 Å². The lowest BCUT2D eigenvalue weighted by Gasteiger charge is -2.22. The third kappa shape index (κ3) is 5.26. The molecule has 1 rings (SSSR count). The highest BCUT2D eigenvalue weighted by molar-refractivity contribution is 7.99. The Balaban J connectivity index is 2.05. The fraction of sp³-hybridized carbons (Fsp3) is 1.00. The normalized spacial score (nSPS) is 23.2. The van der Waals surface area contributed by atoms with Crippen LogP contribution < -0.4 is 5.32 Å². The molecular formula is C13H27NS. The van der Waals surface area contributed by atoms with Crippen molar-refractivity contribution in [1.82, 2.24) is 5.32 Å². The van der Waals surface area contributed by atoms with Gasteiger partial charge in [-0.2, -0.15) is 11.8 Å². The molecule has 1 fully saturated rings. The SMILES string of the molecule is CCCCCCCC(NC)C1CCSC1. The van der Waals surface area contributed by atoms with Crippen molar-refractivity contribution < 1.29 is 0 Å². The summed E-state index contributed by atoms with van der Waals surface area (Å²) < 4.78 is 0. The number of rotatable bonds is 8. The first-order valence-corrected chi connectivity index (χ1v) is 7.79. The van der Waals surface area contributed by atoms with E-state index in [4.69, 9.17) is 0 Å². The summed E-state index contributed by atoms with van der Waals surface area (Å²) in [5, 5.41) is 3.52. The average molecular weight is 229 g/mol. The van der Waals surface area contributed by atoms with Crippen molar-refractivity contribution in [3.63, 3.8) is 0 Å². The molecule has 0 amide bonds. The Hall–Kier alpha value is 0.310. The van der Waals surface area contributed by atoms with Crippen molar-refractivity contribution in [3.05, 3.63) is 0 Å². The van der Waals surface area contributed by atoms with Crippen LogP contribution in [0.15, 0.2) is 0 Å². The van der Waals surface area contributed by atoms with Crippen molar-refractivity contribution in [1.29, 1.82) is 0 Å². The van der Waals surface area contributed by atoms with Crippen LogP contribution >= 0.6 is 11.8 Å². The zero-order chi connectivity index (χ0) is 10.9. The zero-order valence-corrected chi connectivity index (χ0v) is 11.2. The van der Waals surface area contributed by atoms with Crippen molar-refractivity contribution in [2.24, 2.45) is 5.92 Å². The molecule has 2 heteroatoms.